The van der Waals surface area contributed by atoms with Crippen LogP contribution < -0.4 is 11.1 Å². The van der Waals surface area contributed by atoms with Crippen LogP contribution in [-0.2, 0) is 7.05 Å². The Kier molecular flexibility index (Phi) is 4.16. The molecule has 5 heteroatoms. The second-order valence-electron chi connectivity index (χ2n) is 4.65. The molecule has 2 aromatic rings. The van der Waals surface area contributed by atoms with Crippen LogP contribution >= 0.6 is 0 Å². The summed E-state index contributed by atoms with van der Waals surface area (Å²) in [6.07, 6.45) is 1.65. The van der Waals surface area contributed by atoms with E-state index in [0.29, 0.717) is 12.2 Å². The Morgan fingerprint density at radius 2 is 2.21 bits per heavy atom. The monoisotopic (exact) mass is 260 g/mol. The fourth-order valence-electron chi connectivity index (χ4n) is 2.21. The zero-order valence-electron chi connectivity index (χ0n) is 11.4. The number of fused-ring (bicyclic) bond motifs is 1. The predicted octanol–water partition coefficient (Wildman–Crippen LogP) is 1.43. The van der Waals surface area contributed by atoms with E-state index in [2.05, 4.69) is 10.4 Å². The summed E-state index contributed by atoms with van der Waals surface area (Å²) in [7, 11) is 1.84. The van der Waals surface area contributed by atoms with Crippen molar-refractivity contribution in [3.8, 4) is 0 Å². The summed E-state index contributed by atoms with van der Waals surface area (Å²) in [4.78, 5) is 12.3. The first kappa shape index (κ1) is 13.5. The summed E-state index contributed by atoms with van der Waals surface area (Å²) < 4.78 is 1.73. The van der Waals surface area contributed by atoms with Gasteiger partial charge in [-0.15, -0.1) is 0 Å². The van der Waals surface area contributed by atoms with Gasteiger partial charge in [0.1, 0.15) is 0 Å². The summed E-state index contributed by atoms with van der Waals surface area (Å²) in [5.74, 6) is -0.128. The molecular formula is C14H20N4O. The van der Waals surface area contributed by atoms with Crippen LogP contribution in [0.2, 0.25) is 0 Å². The first-order valence-corrected chi connectivity index (χ1v) is 6.60. The number of amides is 1. The molecule has 0 fully saturated rings. The molecule has 1 aromatic heterocycles. The molecule has 3 N–H and O–H groups in total. The van der Waals surface area contributed by atoms with Crippen molar-refractivity contribution in [2.75, 3.05) is 6.54 Å². The Labute approximate surface area is 112 Å². The summed E-state index contributed by atoms with van der Waals surface area (Å²) >= 11 is 0. The number of nitrogens with two attached hydrogens (primary N) is 1. The third kappa shape index (κ3) is 2.76. The van der Waals surface area contributed by atoms with E-state index in [1.54, 1.807) is 4.68 Å². The number of para-hydroxylation sites is 1. The van der Waals surface area contributed by atoms with Gasteiger partial charge in [-0.05, 0) is 25.5 Å². The van der Waals surface area contributed by atoms with Crippen molar-refractivity contribution in [3.05, 3.63) is 30.0 Å². The van der Waals surface area contributed by atoms with Gasteiger partial charge in [-0.3, -0.25) is 9.48 Å². The van der Waals surface area contributed by atoms with Gasteiger partial charge in [-0.25, -0.2) is 0 Å². The molecule has 0 spiro atoms. The second kappa shape index (κ2) is 5.84. The Morgan fingerprint density at radius 1 is 1.47 bits per heavy atom. The first-order valence-electron chi connectivity index (χ1n) is 6.60. The molecule has 1 heterocycles. The van der Waals surface area contributed by atoms with Crippen LogP contribution in [0.4, 0.5) is 0 Å². The molecule has 0 saturated heterocycles. The highest BCUT2D eigenvalue weighted by Gasteiger charge is 2.18. The fourth-order valence-corrected chi connectivity index (χ4v) is 2.21. The quantitative estimate of drug-likeness (QED) is 0.854. The molecule has 1 unspecified atom stereocenters. The van der Waals surface area contributed by atoms with Crippen LogP contribution in [0, 0.1) is 0 Å². The lowest BCUT2D eigenvalue weighted by atomic mass is 10.1. The number of rotatable bonds is 5. The number of aromatic nitrogens is 2. The SMILES string of the molecule is CCC(CCN)NC(=O)c1nn(C)c2ccccc12. The molecular weight excluding hydrogens is 240 g/mol. The molecule has 19 heavy (non-hydrogen) atoms. The van der Waals surface area contributed by atoms with Gasteiger partial charge in [-0.1, -0.05) is 25.1 Å². The molecule has 0 saturated carbocycles. The Morgan fingerprint density at radius 3 is 2.89 bits per heavy atom. The minimum Gasteiger partial charge on any atom is -0.348 e. The molecule has 0 bridgehead atoms. The summed E-state index contributed by atoms with van der Waals surface area (Å²) in [5.41, 5.74) is 6.98. The number of nitrogens with zero attached hydrogens (tertiary/aromatic N) is 2. The second-order valence-corrected chi connectivity index (χ2v) is 4.65. The largest absolute Gasteiger partial charge is 0.348 e. The summed E-state index contributed by atoms with van der Waals surface area (Å²) in [5, 5.41) is 8.18. The van der Waals surface area contributed by atoms with Gasteiger partial charge in [-0.2, -0.15) is 5.10 Å². The van der Waals surface area contributed by atoms with Crippen molar-refractivity contribution in [1.82, 2.24) is 15.1 Å². The molecule has 1 aromatic carbocycles. The van der Waals surface area contributed by atoms with Gasteiger partial charge in [0.25, 0.3) is 5.91 Å². The molecule has 1 amide bonds. The maximum atomic E-state index is 12.3. The molecule has 1 atom stereocenters. The van der Waals surface area contributed by atoms with Gasteiger partial charge in [0.2, 0.25) is 0 Å². The Hall–Kier alpha value is -1.88. The van der Waals surface area contributed by atoms with Gasteiger partial charge >= 0.3 is 0 Å². The highest BCUT2D eigenvalue weighted by Crippen LogP contribution is 2.17. The molecule has 0 radical (unpaired) electrons. The Bertz CT molecular complexity index is 576. The van der Waals surface area contributed by atoms with Gasteiger partial charge in [0.15, 0.2) is 5.69 Å². The molecule has 102 valence electrons. The molecule has 0 aliphatic rings. The van der Waals surface area contributed by atoms with Gasteiger partial charge in [0, 0.05) is 18.5 Å². The van der Waals surface area contributed by atoms with Crippen LogP contribution in [0.1, 0.15) is 30.3 Å². The Balaban J connectivity index is 2.26. The van der Waals surface area contributed by atoms with Crippen LogP contribution in [0.3, 0.4) is 0 Å². The van der Waals surface area contributed by atoms with Crippen molar-refractivity contribution >= 4 is 16.8 Å². The van der Waals surface area contributed by atoms with Crippen LogP contribution in [0.15, 0.2) is 24.3 Å². The average Bonchev–Trinajstić information content (AvgIpc) is 2.76. The normalized spacial score (nSPS) is 12.6. The van der Waals surface area contributed by atoms with E-state index >= 15 is 0 Å². The van der Waals surface area contributed by atoms with Crippen LogP contribution in [-0.4, -0.2) is 28.3 Å². The molecule has 2 rings (SSSR count). The van der Waals surface area contributed by atoms with E-state index in [-0.39, 0.29) is 11.9 Å². The lowest BCUT2D eigenvalue weighted by molar-refractivity contribution is 0.0930. The highest BCUT2D eigenvalue weighted by molar-refractivity contribution is 6.04. The van der Waals surface area contributed by atoms with Crippen molar-refractivity contribution in [2.24, 2.45) is 12.8 Å². The maximum Gasteiger partial charge on any atom is 0.272 e. The van der Waals surface area contributed by atoms with Crippen molar-refractivity contribution in [2.45, 2.75) is 25.8 Å². The maximum absolute atomic E-state index is 12.3. The number of hydrogen-bond donors (Lipinski definition) is 2. The predicted molar refractivity (Wildman–Crippen MR) is 75.9 cm³/mol. The van der Waals surface area contributed by atoms with Crippen molar-refractivity contribution in [1.29, 1.82) is 0 Å². The number of hydrogen-bond acceptors (Lipinski definition) is 3. The van der Waals surface area contributed by atoms with E-state index in [9.17, 15) is 4.79 Å². The van der Waals surface area contributed by atoms with E-state index in [4.69, 9.17) is 5.73 Å². The zero-order chi connectivity index (χ0) is 13.8. The number of nitrogens with one attached hydrogen (secondary N) is 1. The van der Waals surface area contributed by atoms with Crippen molar-refractivity contribution in [3.63, 3.8) is 0 Å². The lowest BCUT2D eigenvalue weighted by Gasteiger charge is -2.14. The highest BCUT2D eigenvalue weighted by atomic mass is 16.2. The minimum absolute atomic E-state index is 0.110. The molecule has 0 aliphatic heterocycles. The number of aryl methyl sites for hydroxylation is 1. The van der Waals surface area contributed by atoms with E-state index in [1.165, 1.54) is 0 Å². The fraction of sp³-hybridized carbons (Fsp3) is 0.429. The third-order valence-corrected chi connectivity index (χ3v) is 3.32. The van der Waals surface area contributed by atoms with Gasteiger partial charge < -0.3 is 11.1 Å². The number of benzene rings is 1. The minimum atomic E-state index is -0.128. The lowest BCUT2D eigenvalue weighted by Crippen LogP contribution is -2.36. The van der Waals surface area contributed by atoms with E-state index in [0.717, 1.165) is 23.7 Å². The van der Waals surface area contributed by atoms with Crippen molar-refractivity contribution < 1.29 is 4.79 Å². The van der Waals surface area contributed by atoms with Crippen LogP contribution in [0.5, 0.6) is 0 Å². The third-order valence-electron chi connectivity index (χ3n) is 3.32. The number of carbonyl (C=O) groups is 1. The van der Waals surface area contributed by atoms with Gasteiger partial charge in [0.05, 0.1) is 5.52 Å². The molecule has 5 nitrogen and oxygen atoms in total. The van der Waals surface area contributed by atoms with E-state index in [1.807, 2.05) is 38.2 Å². The van der Waals surface area contributed by atoms with E-state index < -0.39 is 0 Å². The van der Waals surface area contributed by atoms with Crippen LogP contribution in [0.25, 0.3) is 10.9 Å². The number of carbonyl (C=O) groups excluding carboxylic acids is 1. The topological polar surface area (TPSA) is 72.9 Å². The average molecular weight is 260 g/mol. The first-order chi connectivity index (χ1) is 9.17. The molecule has 0 aliphatic carbocycles. The summed E-state index contributed by atoms with van der Waals surface area (Å²) in [6.45, 7) is 2.61. The summed E-state index contributed by atoms with van der Waals surface area (Å²) in [6, 6.07) is 7.84. The zero-order valence-corrected chi connectivity index (χ0v) is 11.4. The standard InChI is InChI=1S/C14H20N4O/c1-3-10(8-9-15)16-14(19)13-11-6-4-5-7-12(11)18(2)17-13/h4-7,10H,3,8-9,15H2,1-2H3,(H,16,19). The smallest absolute Gasteiger partial charge is 0.272 e.